The largest absolute Gasteiger partial charge is 0.438 e. The first-order valence-corrected chi connectivity index (χ1v) is 7.05. The second-order valence-corrected chi connectivity index (χ2v) is 5.00. The van der Waals surface area contributed by atoms with Crippen molar-refractivity contribution in [3.63, 3.8) is 0 Å². The normalized spacial score (nSPS) is 10.4. The van der Waals surface area contributed by atoms with E-state index < -0.39 is 0 Å². The molecular weight excluding hydrogens is 297 g/mol. The Bertz CT molecular complexity index is 605. The lowest BCUT2D eigenvalue weighted by Crippen LogP contribution is -2.03. The van der Waals surface area contributed by atoms with Crippen molar-refractivity contribution in [2.24, 2.45) is 0 Å². The van der Waals surface area contributed by atoms with Crippen LogP contribution in [0.25, 0.3) is 0 Å². The molecule has 0 aliphatic rings. The average molecular weight is 312 g/mol. The summed E-state index contributed by atoms with van der Waals surface area (Å²) in [4.78, 5) is 8.40. The molecule has 0 aliphatic carbocycles. The third kappa shape index (κ3) is 3.32. The number of ether oxygens (including phenoxy) is 1. The quantitative estimate of drug-likeness (QED) is 0.878. The third-order valence-corrected chi connectivity index (χ3v) is 3.49. The van der Waals surface area contributed by atoms with Gasteiger partial charge in [-0.25, -0.2) is 9.97 Å². The highest BCUT2D eigenvalue weighted by molar-refractivity contribution is 6.42. The molecule has 0 saturated heterocycles. The van der Waals surface area contributed by atoms with Gasteiger partial charge in [-0.3, -0.25) is 0 Å². The van der Waals surface area contributed by atoms with Gasteiger partial charge in [-0.1, -0.05) is 36.5 Å². The van der Waals surface area contributed by atoms with Crippen LogP contribution < -0.4 is 10.1 Å². The van der Waals surface area contributed by atoms with Crippen LogP contribution in [-0.4, -0.2) is 17.0 Å². The number of benzene rings is 1. The number of rotatable bonds is 5. The fourth-order valence-electron chi connectivity index (χ4n) is 1.83. The standard InChI is InChI=1S/C14H15Cl2N3O/c1-3-4-10-13(17-2)18-8-19-14(10)20-9-5-6-11(15)12(16)7-9/h5-8H,3-4H2,1-2H3,(H,17,18,19). The lowest BCUT2D eigenvalue weighted by molar-refractivity contribution is 0.454. The maximum atomic E-state index is 5.98. The van der Waals surface area contributed by atoms with Crippen molar-refractivity contribution >= 4 is 29.0 Å². The number of hydrogen-bond donors (Lipinski definition) is 1. The summed E-state index contributed by atoms with van der Waals surface area (Å²) in [6.45, 7) is 2.09. The van der Waals surface area contributed by atoms with E-state index in [9.17, 15) is 0 Å². The van der Waals surface area contributed by atoms with E-state index in [0.29, 0.717) is 21.7 Å². The van der Waals surface area contributed by atoms with Crippen molar-refractivity contribution in [2.75, 3.05) is 12.4 Å². The highest BCUT2D eigenvalue weighted by Gasteiger charge is 2.12. The highest BCUT2D eigenvalue weighted by Crippen LogP contribution is 2.31. The fraction of sp³-hybridized carbons (Fsp3) is 0.286. The zero-order valence-corrected chi connectivity index (χ0v) is 12.8. The van der Waals surface area contributed by atoms with E-state index in [4.69, 9.17) is 27.9 Å². The molecule has 4 nitrogen and oxygen atoms in total. The first kappa shape index (κ1) is 14.9. The molecule has 20 heavy (non-hydrogen) atoms. The number of nitrogens with one attached hydrogen (secondary N) is 1. The van der Waals surface area contributed by atoms with Crippen LogP contribution in [-0.2, 0) is 6.42 Å². The van der Waals surface area contributed by atoms with Crippen molar-refractivity contribution < 1.29 is 4.74 Å². The Kier molecular flexibility index (Phi) is 5.04. The maximum Gasteiger partial charge on any atom is 0.227 e. The van der Waals surface area contributed by atoms with Crippen LogP contribution in [0.5, 0.6) is 11.6 Å². The Morgan fingerprint density at radius 1 is 1.20 bits per heavy atom. The van der Waals surface area contributed by atoms with Gasteiger partial charge in [-0.2, -0.15) is 0 Å². The van der Waals surface area contributed by atoms with E-state index in [1.807, 2.05) is 7.05 Å². The summed E-state index contributed by atoms with van der Waals surface area (Å²) in [5.41, 5.74) is 0.948. The number of nitrogens with zero attached hydrogens (tertiary/aromatic N) is 2. The lowest BCUT2D eigenvalue weighted by atomic mass is 10.1. The van der Waals surface area contributed by atoms with Gasteiger partial charge in [0, 0.05) is 13.1 Å². The Hall–Kier alpha value is -1.52. The minimum atomic E-state index is 0.448. The molecule has 1 N–H and O–H groups in total. The van der Waals surface area contributed by atoms with Gasteiger partial charge in [0.25, 0.3) is 0 Å². The Morgan fingerprint density at radius 2 is 2.00 bits per heavy atom. The van der Waals surface area contributed by atoms with Gasteiger partial charge >= 0.3 is 0 Å². The van der Waals surface area contributed by atoms with Crippen LogP contribution in [0, 0.1) is 0 Å². The molecule has 1 aromatic heterocycles. The monoisotopic (exact) mass is 311 g/mol. The highest BCUT2D eigenvalue weighted by atomic mass is 35.5. The molecule has 0 unspecified atom stereocenters. The van der Waals surface area contributed by atoms with Gasteiger partial charge in [0.15, 0.2) is 0 Å². The molecule has 0 atom stereocenters. The molecule has 106 valence electrons. The molecule has 0 radical (unpaired) electrons. The molecule has 0 spiro atoms. The number of aromatic nitrogens is 2. The minimum Gasteiger partial charge on any atom is -0.438 e. The molecule has 1 heterocycles. The van der Waals surface area contributed by atoms with Crippen LogP contribution in [0.3, 0.4) is 0 Å². The van der Waals surface area contributed by atoms with Gasteiger partial charge in [0.2, 0.25) is 5.88 Å². The predicted octanol–water partition coefficient (Wildman–Crippen LogP) is 4.57. The summed E-state index contributed by atoms with van der Waals surface area (Å²) in [6, 6.07) is 5.12. The molecule has 0 saturated carbocycles. The Morgan fingerprint density at radius 3 is 2.65 bits per heavy atom. The molecule has 2 aromatic rings. The molecule has 0 bridgehead atoms. The van der Waals surface area contributed by atoms with Gasteiger partial charge < -0.3 is 10.1 Å². The number of hydrogen-bond acceptors (Lipinski definition) is 4. The molecule has 0 amide bonds. The van der Waals surface area contributed by atoms with E-state index in [1.165, 1.54) is 6.33 Å². The summed E-state index contributed by atoms with van der Waals surface area (Å²) in [6.07, 6.45) is 3.27. The van der Waals surface area contributed by atoms with Crippen molar-refractivity contribution in [1.29, 1.82) is 0 Å². The molecule has 1 aromatic carbocycles. The molecule has 0 aliphatic heterocycles. The van der Waals surface area contributed by atoms with Crippen LogP contribution >= 0.6 is 23.2 Å². The first-order valence-electron chi connectivity index (χ1n) is 6.30. The molecular formula is C14H15Cl2N3O. The second-order valence-electron chi connectivity index (χ2n) is 4.18. The Balaban J connectivity index is 2.34. The van der Waals surface area contributed by atoms with E-state index in [1.54, 1.807) is 18.2 Å². The van der Waals surface area contributed by atoms with Crippen LogP contribution in [0.4, 0.5) is 5.82 Å². The predicted molar refractivity (Wildman–Crippen MR) is 82.1 cm³/mol. The van der Waals surface area contributed by atoms with Crippen molar-refractivity contribution in [2.45, 2.75) is 19.8 Å². The smallest absolute Gasteiger partial charge is 0.227 e. The summed E-state index contributed by atoms with van der Waals surface area (Å²) < 4.78 is 5.81. The van der Waals surface area contributed by atoms with Gasteiger partial charge in [0.1, 0.15) is 17.9 Å². The number of anilines is 1. The lowest BCUT2D eigenvalue weighted by Gasteiger charge is -2.12. The molecule has 0 fully saturated rings. The van der Waals surface area contributed by atoms with Crippen LogP contribution in [0.1, 0.15) is 18.9 Å². The maximum absolute atomic E-state index is 5.98. The minimum absolute atomic E-state index is 0.448. The Labute approximate surface area is 128 Å². The topological polar surface area (TPSA) is 47.0 Å². The third-order valence-electron chi connectivity index (χ3n) is 2.75. The molecule has 6 heteroatoms. The summed E-state index contributed by atoms with van der Waals surface area (Å²) in [5.74, 6) is 1.90. The van der Waals surface area contributed by atoms with Crippen molar-refractivity contribution in [3.05, 3.63) is 40.1 Å². The average Bonchev–Trinajstić information content (AvgIpc) is 2.45. The van der Waals surface area contributed by atoms with Crippen molar-refractivity contribution in [3.8, 4) is 11.6 Å². The zero-order chi connectivity index (χ0) is 14.5. The molecule has 2 rings (SSSR count). The summed E-state index contributed by atoms with van der Waals surface area (Å²) in [5, 5.41) is 3.99. The fourth-order valence-corrected chi connectivity index (χ4v) is 2.11. The van der Waals surface area contributed by atoms with Crippen molar-refractivity contribution in [1.82, 2.24) is 9.97 Å². The summed E-state index contributed by atoms with van der Waals surface area (Å²) >= 11 is 11.9. The van der Waals surface area contributed by atoms with Crippen LogP contribution in [0.2, 0.25) is 10.0 Å². The van der Waals surface area contributed by atoms with E-state index in [-0.39, 0.29) is 0 Å². The summed E-state index contributed by atoms with van der Waals surface area (Å²) in [7, 11) is 1.82. The van der Waals surface area contributed by atoms with Crippen LogP contribution in [0.15, 0.2) is 24.5 Å². The SMILES string of the molecule is CCCc1c(NC)ncnc1Oc1ccc(Cl)c(Cl)c1. The van der Waals surface area contributed by atoms with E-state index in [2.05, 4.69) is 22.2 Å². The first-order chi connectivity index (χ1) is 9.65. The second kappa shape index (κ2) is 6.77. The number of halogens is 2. The van der Waals surface area contributed by atoms with E-state index >= 15 is 0 Å². The van der Waals surface area contributed by atoms with Gasteiger partial charge in [-0.15, -0.1) is 0 Å². The van der Waals surface area contributed by atoms with Gasteiger partial charge in [0.05, 0.1) is 15.6 Å². The van der Waals surface area contributed by atoms with E-state index in [0.717, 1.165) is 24.2 Å². The zero-order valence-electron chi connectivity index (χ0n) is 11.3. The van der Waals surface area contributed by atoms with Gasteiger partial charge in [-0.05, 0) is 18.6 Å².